The van der Waals surface area contributed by atoms with Gasteiger partial charge in [0.1, 0.15) is 0 Å². The Hall–Kier alpha value is -0.485. The molecule has 2 radical (unpaired) electrons. The minimum Gasteiger partial charge on any atom is -0.393 e. The molecule has 0 bridgehead atoms. The summed E-state index contributed by atoms with van der Waals surface area (Å²) in [6.07, 6.45) is 5.97. The van der Waals surface area contributed by atoms with Crippen LogP contribution in [0.1, 0.15) is 45.4 Å². The van der Waals surface area contributed by atoms with Gasteiger partial charge in [0.05, 0.1) is 14.0 Å². The smallest absolute Gasteiger partial charge is 0.228 e. The fourth-order valence-electron chi connectivity index (χ4n) is 2.46. The van der Waals surface area contributed by atoms with Gasteiger partial charge in [-0.05, 0) is 12.2 Å². The maximum absolute atomic E-state index is 9.60. The molecule has 2 nitrogen and oxygen atoms in total. The Labute approximate surface area is 94.3 Å². The van der Waals surface area contributed by atoms with Crippen LogP contribution < -0.4 is 0 Å². The van der Waals surface area contributed by atoms with Gasteiger partial charge in [-0.1, -0.05) is 32.6 Å². The third-order valence-electron chi connectivity index (χ3n) is 3.47. The van der Waals surface area contributed by atoms with E-state index >= 15 is 0 Å². The van der Waals surface area contributed by atoms with Crippen molar-refractivity contribution in [3.05, 3.63) is 11.4 Å². The molecule has 1 rings (SSSR count). The van der Waals surface area contributed by atoms with Crippen molar-refractivity contribution in [3.63, 3.8) is 0 Å². The van der Waals surface area contributed by atoms with E-state index in [2.05, 4.69) is 11.8 Å². The normalized spacial score (nSPS) is 35.3. The average Bonchev–Trinajstić information content (AvgIpc) is 2.51. The summed E-state index contributed by atoms with van der Waals surface area (Å²) in [6.45, 7) is 9.27. The quantitative estimate of drug-likeness (QED) is 0.416. The van der Waals surface area contributed by atoms with Gasteiger partial charge in [-0.2, -0.15) is 0 Å². The number of nitrogens with zero attached hydrogens (tertiary/aromatic N) is 1. The van der Waals surface area contributed by atoms with Crippen LogP contribution in [-0.2, 0) is 0 Å². The lowest BCUT2D eigenvalue weighted by Crippen LogP contribution is -2.15. The number of hydrogen-bond acceptors (Lipinski definition) is 1. The molecular weight excluding hydrogens is 185 g/mol. The van der Waals surface area contributed by atoms with Gasteiger partial charge in [-0.3, -0.25) is 0 Å². The van der Waals surface area contributed by atoms with E-state index in [1.807, 2.05) is 0 Å². The molecule has 0 aromatic rings. The second-order valence-electron chi connectivity index (χ2n) is 4.59. The molecule has 3 heteroatoms. The lowest BCUT2D eigenvalue weighted by atomic mass is 9.75. The lowest BCUT2D eigenvalue weighted by molar-refractivity contribution is 0.177. The molecule has 15 heavy (non-hydrogen) atoms. The summed E-state index contributed by atoms with van der Waals surface area (Å²) >= 11 is 0. The van der Waals surface area contributed by atoms with Crippen LogP contribution in [0.4, 0.5) is 0 Å². The maximum atomic E-state index is 9.60. The van der Waals surface area contributed by atoms with Gasteiger partial charge in [0.15, 0.2) is 0 Å². The van der Waals surface area contributed by atoms with Crippen molar-refractivity contribution in [2.45, 2.75) is 63.4 Å². The van der Waals surface area contributed by atoms with Gasteiger partial charge in [-0.15, -0.1) is 0 Å². The summed E-state index contributed by atoms with van der Waals surface area (Å²) in [6, 6.07) is -0.0448. The second-order valence-corrected chi connectivity index (χ2v) is 4.59. The van der Waals surface area contributed by atoms with E-state index in [9.17, 15) is 5.11 Å². The molecule has 1 aliphatic rings. The molecule has 82 valence electrons. The highest BCUT2D eigenvalue weighted by Gasteiger charge is 2.42. The fraction of sp³-hybridized carbons (Fsp3) is 0.917. The zero-order valence-corrected chi connectivity index (χ0v) is 9.52. The van der Waals surface area contributed by atoms with E-state index in [-0.39, 0.29) is 17.8 Å². The Morgan fingerprint density at radius 2 is 2.13 bits per heavy atom. The van der Waals surface area contributed by atoms with E-state index in [4.69, 9.17) is 14.4 Å². The molecule has 0 aromatic carbocycles. The Balaban J connectivity index is 2.35. The largest absolute Gasteiger partial charge is 0.393 e. The summed E-state index contributed by atoms with van der Waals surface area (Å²) in [5.74, 6) is 0.0417. The predicted octanol–water partition coefficient (Wildman–Crippen LogP) is 2.58. The monoisotopic (exact) mass is 205 g/mol. The first-order valence-corrected chi connectivity index (χ1v) is 6.01. The van der Waals surface area contributed by atoms with Gasteiger partial charge < -0.3 is 9.95 Å². The number of aliphatic hydroxyl groups excluding tert-OH is 1. The third-order valence-corrected chi connectivity index (χ3v) is 3.47. The van der Waals surface area contributed by atoms with Crippen LogP contribution in [-0.4, -0.2) is 25.1 Å². The highest BCUT2D eigenvalue weighted by Crippen LogP contribution is 2.40. The summed E-state index contributed by atoms with van der Waals surface area (Å²) in [5.41, 5.74) is 0. The van der Waals surface area contributed by atoms with Crippen LogP contribution in [0.2, 0.25) is 5.82 Å². The third kappa shape index (κ3) is 3.24. The van der Waals surface area contributed by atoms with Crippen LogP contribution in [0.5, 0.6) is 0 Å². The number of hydrogen-bond donors (Lipinski definition) is 1. The van der Waals surface area contributed by atoms with Gasteiger partial charge in [0.2, 0.25) is 6.04 Å². The molecule has 0 aromatic heterocycles. The molecule has 1 fully saturated rings. The zero-order chi connectivity index (χ0) is 11.3. The SMILES string of the molecule is [B]C1C(O)CC([N+]#[C-])C1CCCCCC. The predicted molar refractivity (Wildman–Crippen MR) is 62.8 cm³/mol. The zero-order valence-electron chi connectivity index (χ0n) is 9.52. The molecule has 1 N–H and O–H groups in total. The number of unbranched alkanes of at least 4 members (excludes halogenated alkanes) is 3. The molecule has 0 heterocycles. The van der Waals surface area contributed by atoms with Crippen LogP contribution in [0.15, 0.2) is 0 Å². The molecular formula is C12H20BNO. The molecule has 1 saturated carbocycles. The van der Waals surface area contributed by atoms with Gasteiger partial charge in [0.25, 0.3) is 0 Å². The van der Waals surface area contributed by atoms with Crippen molar-refractivity contribution >= 4 is 7.85 Å². The van der Waals surface area contributed by atoms with E-state index in [1.165, 1.54) is 19.3 Å². The Kier molecular flexibility index (Phi) is 5.18. The molecule has 0 aliphatic heterocycles. The topological polar surface area (TPSA) is 24.6 Å². The van der Waals surface area contributed by atoms with Crippen LogP contribution >= 0.6 is 0 Å². The molecule has 4 atom stereocenters. The van der Waals surface area contributed by atoms with Crippen molar-refractivity contribution in [1.29, 1.82) is 0 Å². The van der Waals surface area contributed by atoms with Crippen molar-refractivity contribution in [3.8, 4) is 0 Å². The Morgan fingerprint density at radius 3 is 2.73 bits per heavy atom. The van der Waals surface area contributed by atoms with E-state index in [1.54, 1.807) is 0 Å². The average molecular weight is 205 g/mol. The first kappa shape index (κ1) is 12.6. The number of aliphatic hydroxyl groups is 1. The highest BCUT2D eigenvalue weighted by atomic mass is 16.3. The second kappa shape index (κ2) is 6.17. The molecule has 0 saturated heterocycles. The van der Waals surface area contributed by atoms with Crippen molar-refractivity contribution < 1.29 is 5.11 Å². The fourth-order valence-corrected chi connectivity index (χ4v) is 2.46. The summed E-state index contributed by atoms with van der Waals surface area (Å²) < 4.78 is 0. The van der Waals surface area contributed by atoms with Crippen LogP contribution in [0.25, 0.3) is 4.85 Å². The first-order valence-electron chi connectivity index (χ1n) is 6.01. The standard InChI is InChI=1S/C12H20BNO/c1-3-4-5-6-7-9-10(14-2)8-11(15)12(9)13/h9-12,15H,3-8H2,1H3. The summed E-state index contributed by atoms with van der Waals surface area (Å²) in [4.78, 5) is 3.58. The van der Waals surface area contributed by atoms with Crippen molar-refractivity contribution in [2.75, 3.05) is 0 Å². The van der Waals surface area contributed by atoms with Gasteiger partial charge in [0, 0.05) is 12.3 Å². The number of rotatable bonds is 5. The minimum absolute atomic E-state index is 0.0448. The minimum atomic E-state index is -0.458. The molecule has 1 aliphatic carbocycles. The van der Waals surface area contributed by atoms with E-state index in [0.29, 0.717) is 6.42 Å². The van der Waals surface area contributed by atoms with Crippen LogP contribution in [0, 0.1) is 12.5 Å². The van der Waals surface area contributed by atoms with Gasteiger partial charge in [-0.25, -0.2) is 6.57 Å². The van der Waals surface area contributed by atoms with E-state index < -0.39 is 6.10 Å². The van der Waals surface area contributed by atoms with E-state index in [0.717, 1.165) is 12.8 Å². The Bertz CT molecular complexity index is 226. The summed E-state index contributed by atoms with van der Waals surface area (Å²) in [5, 5.41) is 9.60. The Morgan fingerprint density at radius 1 is 1.40 bits per heavy atom. The first-order chi connectivity index (χ1) is 7.20. The molecule has 0 amide bonds. The van der Waals surface area contributed by atoms with Crippen molar-refractivity contribution in [1.82, 2.24) is 0 Å². The van der Waals surface area contributed by atoms with Gasteiger partial charge >= 0.3 is 0 Å². The van der Waals surface area contributed by atoms with Crippen LogP contribution in [0.3, 0.4) is 0 Å². The highest BCUT2D eigenvalue weighted by molar-refractivity contribution is 6.12. The summed E-state index contributed by atoms with van der Waals surface area (Å²) in [7, 11) is 5.91. The maximum Gasteiger partial charge on any atom is 0.228 e. The lowest BCUT2D eigenvalue weighted by Gasteiger charge is -2.16. The molecule has 4 unspecified atom stereocenters. The van der Waals surface area contributed by atoms with Crippen molar-refractivity contribution in [2.24, 2.45) is 5.92 Å². The molecule has 0 spiro atoms.